The normalized spacial score (nSPS) is 10.9. The van der Waals surface area contributed by atoms with Crippen LogP contribution in [0.4, 0.5) is 0 Å². The summed E-state index contributed by atoms with van der Waals surface area (Å²) in [4.78, 5) is 0. The van der Waals surface area contributed by atoms with E-state index in [-0.39, 0.29) is 0 Å². The first kappa shape index (κ1) is 13.8. The summed E-state index contributed by atoms with van der Waals surface area (Å²) in [6.45, 7) is 8.42. The van der Waals surface area contributed by atoms with Gasteiger partial charge in [0, 0.05) is 30.9 Å². The average Bonchev–Trinajstić information content (AvgIpc) is 2.74. The SMILES string of the molecule is CCCNCc1cn(C)nc1-c1cccc(C)c1C. The topological polar surface area (TPSA) is 29.9 Å². The van der Waals surface area contributed by atoms with E-state index in [1.54, 1.807) is 0 Å². The van der Waals surface area contributed by atoms with E-state index in [0.717, 1.165) is 25.2 Å². The molecule has 2 aromatic rings. The van der Waals surface area contributed by atoms with Gasteiger partial charge < -0.3 is 5.32 Å². The van der Waals surface area contributed by atoms with Crippen LogP contribution in [0.15, 0.2) is 24.4 Å². The number of nitrogens with one attached hydrogen (secondary N) is 1. The van der Waals surface area contributed by atoms with E-state index in [1.165, 1.54) is 22.3 Å². The molecule has 2 rings (SSSR count). The van der Waals surface area contributed by atoms with E-state index < -0.39 is 0 Å². The minimum atomic E-state index is 0.879. The van der Waals surface area contributed by atoms with Crippen molar-refractivity contribution in [1.29, 1.82) is 0 Å². The fourth-order valence-electron chi connectivity index (χ4n) is 2.30. The predicted molar refractivity (Wildman–Crippen MR) is 80.1 cm³/mol. The summed E-state index contributed by atoms with van der Waals surface area (Å²) in [6.07, 6.45) is 3.26. The summed E-state index contributed by atoms with van der Waals surface area (Å²) in [5, 5.41) is 8.09. The molecule has 19 heavy (non-hydrogen) atoms. The fourth-order valence-corrected chi connectivity index (χ4v) is 2.30. The molecule has 0 spiro atoms. The zero-order chi connectivity index (χ0) is 13.8. The molecule has 0 unspecified atom stereocenters. The van der Waals surface area contributed by atoms with Crippen molar-refractivity contribution in [3.63, 3.8) is 0 Å². The summed E-state index contributed by atoms with van der Waals surface area (Å²) in [5.41, 5.74) is 6.25. The molecule has 1 aromatic heterocycles. The molecule has 0 atom stereocenters. The molecule has 0 saturated heterocycles. The largest absolute Gasteiger partial charge is 0.313 e. The van der Waals surface area contributed by atoms with Gasteiger partial charge in [0.2, 0.25) is 0 Å². The fraction of sp³-hybridized carbons (Fsp3) is 0.438. The number of hydrogen-bond acceptors (Lipinski definition) is 2. The summed E-state index contributed by atoms with van der Waals surface area (Å²) < 4.78 is 1.90. The average molecular weight is 257 g/mol. The van der Waals surface area contributed by atoms with Gasteiger partial charge in [-0.05, 0) is 37.9 Å². The summed E-state index contributed by atoms with van der Waals surface area (Å²) in [5.74, 6) is 0. The molecule has 1 aromatic carbocycles. The summed E-state index contributed by atoms with van der Waals surface area (Å²) in [7, 11) is 1.98. The minimum absolute atomic E-state index is 0.879. The Morgan fingerprint density at radius 2 is 2.05 bits per heavy atom. The van der Waals surface area contributed by atoms with Gasteiger partial charge in [0.25, 0.3) is 0 Å². The Bertz CT molecular complexity index is 555. The molecule has 1 N–H and O–H groups in total. The Morgan fingerprint density at radius 3 is 2.79 bits per heavy atom. The maximum absolute atomic E-state index is 4.64. The van der Waals surface area contributed by atoms with Gasteiger partial charge in [0.1, 0.15) is 0 Å². The first-order valence-corrected chi connectivity index (χ1v) is 6.93. The third-order valence-corrected chi connectivity index (χ3v) is 3.51. The van der Waals surface area contributed by atoms with E-state index in [9.17, 15) is 0 Å². The predicted octanol–water partition coefficient (Wildman–Crippen LogP) is 3.20. The second kappa shape index (κ2) is 6.02. The maximum atomic E-state index is 4.64. The Kier molecular flexibility index (Phi) is 4.38. The van der Waals surface area contributed by atoms with Crippen LogP contribution in [0.3, 0.4) is 0 Å². The molecule has 0 amide bonds. The highest BCUT2D eigenvalue weighted by Gasteiger charge is 2.12. The number of hydrogen-bond donors (Lipinski definition) is 1. The molecule has 0 bridgehead atoms. The monoisotopic (exact) mass is 257 g/mol. The van der Waals surface area contributed by atoms with Crippen LogP contribution in [0.1, 0.15) is 30.0 Å². The van der Waals surface area contributed by atoms with Crippen LogP contribution in [-0.4, -0.2) is 16.3 Å². The maximum Gasteiger partial charge on any atom is 0.0970 e. The van der Waals surface area contributed by atoms with Crippen molar-refractivity contribution in [2.45, 2.75) is 33.7 Å². The second-order valence-corrected chi connectivity index (χ2v) is 5.10. The van der Waals surface area contributed by atoms with Gasteiger partial charge in [-0.3, -0.25) is 4.68 Å². The molecule has 0 aliphatic rings. The van der Waals surface area contributed by atoms with Gasteiger partial charge in [-0.2, -0.15) is 5.10 Å². The number of aromatic nitrogens is 2. The van der Waals surface area contributed by atoms with E-state index in [4.69, 9.17) is 0 Å². The Labute approximate surface area is 115 Å². The summed E-state index contributed by atoms with van der Waals surface area (Å²) >= 11 is 0. The van der Waals surface area contributed by atoms with Gasteiger partial charge in [-0.15, -0.1) is 0 Å². The molecule has 0 aliphatic heterocycles. The van der Waals surface area contributed by atoms with E-state index in [2.05, 4.69) is 55.6 Å². The highest BCUT2D eigenvalue weighted by molar-refractivity contribution is 5.67. The first-order chi connectivity index (χ1) is 9.13. The van der Waals surface area contributed by atoms with Gasteiger partial charge in [-0.1, -0.05) is 25.1 Å². The van der Waals surface area contributed by atoms with Crippen molar-refractivity contribution in [2.75, 3.05) is 6.54 Å². The van der Waals surface area contributed by atoms with Gasteiger partial charge >= 0.3 is 0 Å². The molecular formula is C16H23N3. The van der Waals surface area contributed by atoms with Crippen molar-refractivity contribution in [1.82, 2.24) is 15.1 Å². The number of rotatable bonds is 5. The molecule has 3 nitrogen and oxygen atoms in total. The van der Waals surface area contributed by atoms with Crippen molar-refractivity contribution in [2.24, 2.45) is 7.05 Å². The lowest BCUT2D eigenvalue weighted by atomic mass is 9.99. The van der Waals surface area contributed by atoms with Crippen LogP contribution < -0.4 is 5.32 Å². The second-order valence-electron chi connectivity index (χ2n) is 5.10. The van der Waals surface area contributed by atoms with E-state index in [1.807, 2.05) is 11.7 Å². The van der Waals surface area contributed by atoms with Gasteiger partial charge in [0.05, 0.1) is 5.69 Å². The number of benzene rings is 1. The number of nitrogens with zero attached hydrogens (tertiary/aromatic N) is 2. The molecule has 102 valence electrons. The molecule has 1 heterocycles. The van der Waals surface area contributed by atoms with E-state index >= 15 is 0 Å². The molecule has 0 fully saturated rings. The minimum Gasteiger partial charge on any atom is -0.313 e. The van der Waals surface area contributed by atoms with E-state index in [0.29, 0.717) is 0 Å². The third-order valence-electron chi connectivity index (χ3n) is 3.51. The van der Waals surface area contributed by atoms with Crippen molar-refractivity contribution in [3.8, 4) is 11.3 Å². The third kappa shape index (κ3) is 3.04. The zero-order valence-electron chi connectivity index (χ0n) is 12.3. The molecule has 0 aliphatic carbocycles. The smallest absolute Gasteiger partial charge is 0.0970 e. The molecule has 3 heteroatoms. The van der Waals surface area contributed by atoms with Crippen molar-refractivity contribution < 1.29 is 0 Å². The van der Waals surface area contributed by atoms with Crippen LogP contribution in [-0.2, 0) is 13.6 Å². The van der Waals surface area contributed by atoms with Crippen LogP contribution in [0, 0.1) is 13.8 Å². The van der Waals surface area contributed by atoms with Crippen molar-refractivity contribution >= 4 is 0 Å². The first-order valence-electron chi connectivity index (χ1n) is 6.93. The number of aryl methyl sites for hydroxylation is 2. The highest BCUT2D eigenvalue weighted by Crippen LogP contribution is 2.27. The van der Waals surface area contributed by atoms with Gasteiger partial charge in [0.15, 0.2) is 0 Å². The molecular weight excluding hydrogens is 234 g/mol. The standard InChI is InChI=1S/C16H23N3/c1-5-9-17-10-14-11-19(4)18-16(14)15-8-6-7-12(2)13(15)3/h6-8,11,17H,5,9-10H2,1-4H3. The van der Waals surface area contributed by atoms with Crippen LogP contribution in [0.2, 0.25) is 0 Å². The van der Waals surface area contributed by atoms with Crippen molar-refractivity contribution in [3.05, 3.63) is 41.1 Å². The Balaban J connectivity index is 2.35. The zero-order valence-corrected chi connectivity index (χ0v) is 12.3. The van der Waals surface area contributed by atoms with Crippen LogP contribution >= 0.6 is 0 Å². The quantitative estimate of drug-likeness (QED) is 0.834. The van der Waals surface area contributed by atoms with Crippen LogP contribution in [0.25, 0.3) is 11.3 Å². The lowest BCUT2D eigenvalue weighted by molar-refractivity contribution is 0.675. The Morgan fingerprint density at radius 1 is 1.26 bits per heavy atom. The van der Waals surface area contributed by atoms with Gasteiger partial charge in [-0.25, -0.2) is 0 Å². The highest BCUT2D eigenvalue weighted by atomic mass is 15.3. The lowest BCUT2D eigenvalue weighted by Crippen LogP contribution is -2.14. The Hall–Kier alpha value is -1.61. The van der Waals surface area contributed by atoms with Crippen LogP contribution in [0.5, 0.6) is 0 Å². The lowest BCUT2D eigenvalue weighted by Gasteiger charge is -2.08. The molecule has 0 saturated carbocycles. The molecule has 0 radical (unpaired) electrons. The summed E-state index contributed by atoms with van der Waals surface area (Å²) in [6, 6.07) is 6.42.